The van der Waals surface area contributed by atoms with Crippen LogP contribution in [-0.4, -0.2) is 30.4 Å². The normalized spacial score (nSPS) is 15.5. The highest BCUT2D eigenvalue weighted by atomic mass is 16.5. The molecule has 0 fully saturated rings. The molecule has 3 N–H and O–H groups in total. The number of hydrogen-bond acceptors (Lipinski definition) is 4. The van der Waals surface area contributed by atoms with E-state index >= 15 is 0 Å². The van der Waals surface area contributed by atoms with E-state index in [9.17, 15) is 14.4 Å². The van der Waals surface area contributed by atoms with Crippen molar-refractivity contribution >= 4 is 29.1 Å². The molecule has 0 bridgehead atoms. The fourth-order valence-electron chi connectivity index (χ4n) is 2.44. The number of carbonyl (C=O) groups excluding carboxylic acids is 3. The Balaban J connectivity index is 1.70. The predicted molar refractivity (Wildman–Crippen MR) is 97.1 cm³/mol. The Kier molecular flexibility index (Phi) is 4.98. The summed E-state index contributed by atoms with van der Waals surface area (Å²) in [6, 6.07) is 12.6. The molecule has 3 rings (SSSR count). The predicted octanol–water partition coefficient (Wildman–Crippen LogP) is 1.94. The van der Waals surface area contributed by atoms with Crippen LogP contribution in [0.3, 0.4) is 0 Å². The molecule has 0 saturated carbocycles. The molecular formula is C19H17N3O4. The molecule has 1 aliphatic rings. The van der Waals surface area contributed by atoms with Crippen LogP contribution in [0.2, 0.25) is 0 Å². The van der Waals surface area contributed by atoms with Crippen LogP contribution in [0.1, 0.15) is 10.4 Å². The maximum Gasteiger partial charge on any atom is 0.252 e. The van der Waals surface area contributed by atoms with Crippen molar-refractivity contribution in [2.45, 2.75) is 6.04 Å². The average Bonchev–Trinajstić information content (AvgIpc) is 2.80. The Labute approximate surface area is 150 Å². The summed E-state index contributed by atoms with van der Waals surface area (Å²) in [5, 5.41) is 7.95. The van der Waals surface area contributed by atoms with Gasteiger partial charge in [-0.15, -0.1) is 0 Å². The lowest BCUT2D eigenvalue weighted by molar-refractivity contribution is -0.118. The zero-order chi connectivity index (χ0) is 18.5. The van der Waals surface area contributed by atoms with Gasteiger partial charge in [0.2, 0.25) is 5.91 Å². The van der Waals surface area contributed by atoms with E-state index in [4.69, 9.17) is 4.74 Å². The number of anilines is 2. The Bertz CT molecular complexity index is 879. The van der Waals surface area contributed by atoms with Crippen molar-refractivity contribution in [1.29, 1.82) is 0 Å². The Morgan fingerprint density at radius 3 is 2.81 bits per heavy atom. The standard InChI is InChI=1S/C19H17N3O4/c1-2-17(23)20-13-7-5-6-12(10-13)18(24)22-15-11-26-16-9-4-3-8-14(16)21-19(15)25/h2-10,15H,1,11H2,(H,20,23)(H,21,25)(H,22,24)/t15-/m0/s1. The van der Waals surface area contributed by atoms with Crippen LogP contribution in [-0.2, 0) is 9.59 Å². The third-order valence-electron chi connectivity index (χ3n) is 3.75. The fraction of sp³-hybridized carbons (Fsp3) is 0.105. The van der Waals surface area contributed by atoms with Crippen molar-refractivity contribution < 1.29 is 19.1 Å². The number of carbonyl (C=O) groups is 3. The number of nitrogens with one attached hydrogen (secondary N) is 3. The van der Waals surface area contributed by atoms with Gasteiger partial charge in [-0.2, -0.15) is 0 Å². The van der Waals surface area contributed by atoms with Gasteiger partial charge in [0.15, 0.2) is 0 Å². The first-order chi connectivity index (χ1) is 12.6. The molecule has 1 aliphatic heterocycles. The van der Waals surface area contributed by atoms with Crippen molar-refractivity contribution in [3.05, 3.63) is 66.7 Å². The summed E-state index contributed by atoms with van der Waals surface area (Å²) < 4.78 is 5.59. The molecule has 26 heavy (non-hydrogen) atoms. The van der Waals surface area contributed by atoms with Crippen molar-refractivity contribution in [3.63, 3.8) is 0 Å². The lowest BCUT2D eigenvalue weighted by Gasteiger charge is -2.15. The van der Waals surface area contributed by atoms with E-state index in [1.54, 1.807) is 42.5 Å². The van der Waals surface area contributed by atoms with E-state index < -0.39 is 11.9 Å². The van der Waals surface area contributed by atoms with E-state index in [2.05, 4.69) is 22.5 Å². The monoisotopic (exact) mass is 351 g/mol. The molecule has 132 valence electrons. The van der Waals surface area contributed by atoms with Crippen LogP contribution < -0.4 is 20.7 Å². The van der Waals surface area contributed by atoms with Gasteiger partial charge in [0, 0.05) is 11.3 Å². The minimum atomic E-state index is -0.846. The van der Waals surface area contributed by atoms with Crippen LogP contribution in [0.15, 0.2) is 61.2 Å². The highest BCUT2D eigenvalue weighted by Crippen LogP contribution is 2.26. The molecular weight excluding hydrogens is 334 g/mol. The second-order valence-electron chi connectivity index (χ2n) is 5.60. The van der Waals surface area contributed by atoms with Gasteiger partial charge in [-0.1, -0.05) is 24.8 Å². The molecule has 1 heterocycles. The quantitative estimate of drug-likeness (QED) is 0.734. The van der Waals surface area contributed by atoms with Crippen LogP contribution in [0.25, 0.3) is 0 Å². The van der Waals surface area contributed by atoms with E-state index in [1.807, 2.05) is 0 Å². The fourth-order valence-corrected chi connectivity index (χ4v) is 2.44. The molecule has 0 unspecified atom stereocenters. The molecule has 3 amide bonds. The van der Waals surface area contributed by atoms with Gasteiger partial charge in [-0.05, 0) is 36.4 Å². The number of fused-ring (bicyclic) bond motifs is 1. The topological polar surface area (TPSA) is 96.5 Å². The molecule has 0 spiro atoms. The molecule has 0 aromatic heterocycles. The van der Waals surface area contributed by atoms with Crippen molar-refractivity contribution in [2.24, 2.45) is 0 Å². The number of hydrogen-bond donors (Lipinski definition) is 3. The number of amides is 3. The van der Waals surface area contributed by atoms with E-state index in [0.29, 0.717) is 22.7 Å². The molecule has 0 radical (unpaired) electrons. The van der Waals surface area contributed by atoms with Crippen LogP contribution in [0, 0.1) is 0 Å². The summed E-state index contributed by atoms with van der Waals surface area (Å²) in [6.45, 7) is 3.39. The van der Waals surface area contributed by atoms with Crippen LogP contribution >= 0.6 is 0 Å². The third kappa shape index (κ3) is 3.89. The Morgan fingerprint density at radius 1 is 1.19 bits per heavy atom. The summed E-state index contributed by atoms with van der Waals surface area (Å²) in [5.74, 6) is -0.641. The average molecular weight is 351 g/mol. The summed E-state index contributed by atoms with van der Waals surface area (Å²) in [6.07, 6.45) is 1.14. The summed E-state index contributed by atoms with van der Waals surface area (Å²) in [5.41, 5.74) is 1.32. The van der Waals surface area contributed by atoms with Gasteiger partial charge in [-0.25, -0.2) is 0 Å². The molecule has 7 heteroatoms. The maximum absolute atomic E-state index is 12.5. The zero-order valence-electron chi connectivity index (χ0n) is 13.8. The van der Waals surface area contributed by atoms with Crippen LogP contribution in [0.5, 0.6) is 5.75 Å². The first-order valence-corrected chi connectivity index (χ1v) is 7.94. The Morgan fingerprint density at radius 2 is 2.00 bits per heavy atom. The van der Waals surface area contributed by atoms with Gasteiger partial charge in [-0.3, -0.25) is 14.4 Å². The van der Waals surface area contributed by atoms with Gasteiger partial charge >= 0.3 is 0 Å². The highest BCUT2D eigenvalue weighted by Gasteiger charge is 2.26. The number of rotatable bonds is 4. The SMILES string of the molecule is C=CC(=O)Nc1cccc(C(=O)N[C@H]2COc3ccccc3NC2=O)c1. The number of para-hydroxylation sites is 2. The summed E-state index contributed by atoms with van der Waals surface area (Å²) >= 11 is 0. The summed E-state index contributed by atoms with van der Waals surface area (Å²) in [4.78, 5) is 36.2. The second-order valence-corrected chi connectivity index (χ2v) is 5.60. The largest absolute Gasteiger partial charge is 0.489 e. The van der Waals surface area contributed by atoms with Crippen molar-refractivity contribution in [2.75, 3.05) is 17.2 Å². The first-order valence-electron chi connectivity index (χ1n) is 7.94. The number of ether oxygens (including phenoxy) is 1. The third-order valence-corrected chi connectivity index (χ3v) is 3.75. The lowest BCUT2D eigenvalue weighted by atomic mass is 10.1. The minimum absolute atomic E-state index is 0.0154. The van der Waals surface area contributed by atoms with Crippen LogP contribution in [0.4, 0.5) is 11.4 Å². The van der Waals surface area contributed by atoms with E-state index in [1.165, 1.54) is 6.07 Å². The van der Waals surface area contributed by atoms with E-state index in [-0.39, 0.29) is 18.4 Å². The maximum atomic E-state index is 12.5. The summed E-state index contributed by atoms with van der Waals surface area (Å²) in [7, 11) is 0. The molecule has 2 aromatic carbocycles. The van der Waals surface area contributed by atoms with E-state index in [0.717, 1.165) is 6.08 Å². The molecule has 2 aromatic rings. The molecule has 1 atom stereocenters. The highest BCUT2D eigenvalue weighted by molar-refractivity contribution is 6.03. The molecule has 0 saturated heterocycles. The van der Waals surface area contributed by atoms with Gasteiger partial charge < -0.3 is 20.7 Å². The minimum Gasteiger partial charge on any atom is -0.489 e. The lowest BCUT2D eigenvalue weighted by Crippen LogP contribution is -2.46. The van der Waals surface area contributed by atoms with Gasteiger partial charge in [0.05, 0.1) is 5.69 Å². The zero-order valence-corrected chi connectivity index (χ0v) is 13.8. The Hall–Kier alpha value is -3.61. The van der Waals surface area contributed by atoms with Gasteiger partial charge in [0.25, 0.3) is 11.8 Å². The number of benzene rings is 2. The smallest absolute Gasteiger partial charge is 0.252 e. The second kappa shape index (κ2) is 7.52. The van der Waals surface area contributed by atoms with Crippen molar-refractivity contribution in [3.8, 4) is 5.75 Å². The van der Waals surface area contributed by atoms with Crippen molar-refractivity contribution in [1.82, 2.24) is 5.32 Å². The van der Waals surface area contributed by atoms with Gasteiger partial charge in [0.1, 0.15) is 18.4 Å². The molecule has 0 aliphatic carbocycles. The first kappa shape index (κ1) is 17.2. The molecule has 7 nitrogen and oxygen atoms in total.